The van der Waals surface area contributed by atoms with Crippen molar-refractivity contribution in [1.29, 1.82) is 0 Å². The molecule has 1 saturated heterocycles. The summed E-state index contributed by atoms with van der Waals surface area (Å²) >= 11 is 0. The molecule has 1 aliphatic heterocycles. The van der Waals surface area contributed by atoms with Gasteiger partial charge in [0.15, 0.2) is 0 Å². The molecule has 4 nitrogen and oxygen atoms in total. The molecular weight excluding hydrogens is 262 g/mol. The van der Waals surface area contributed by atoms with Crippen molar-refractivity contribution in [3.63, 3.8) is 0 Å². The minimum atomic E-state index is 0.213. The van der Waals surface area contributed by atoms with E-state index >= 15 is 0 Å². The van der Waals surface area contributed by atoms with Gasteiger partial charge in [0.1, 0.15) is 0 Å². The van der Waals surface area contributed by atoms with E-state index in [0.29, 0.717) is 18.4 Å². The van der Waals surface area contributed by atoms with Gasteiger partial charge in [-0.25, -0.2) is 0 Å². The zero-order valence-corrected chi connectivity index (χ0v) is 14.5. The number of rotatable bonds is 8. The predicted molar refractivity (Wildman–Crippen MR) is 89.2 cm³/mol. The van der Waals surface area contributed by atoms with E-state index in [4.69, 9.17) is 5.73 Å². The molecule has 124 valence electrons. The van der Waals surface area contributed by atoms with Gasteiger partial charge in [-0.1, -0.05) is 26.7 Å². The Labute approximate surface area is 131 Å². The van der Waals surface area contributed by atoms with Crippen molar-refractivity contribution >= 4 is 5.91 Å². The Bertz CT molecular complexity index is 301. The standard InChI is InChI=1S/C17H35N3O/c1-5-17(6-2)9-11-20(12-10-17)15(14-18)13-16(21)19(7-3)8-4/h15H,5-14,18H2,1-4H3. The fourth-order valence-corrected chi connectivity index (χ4v) is 3.59. The van der Waals surface area contributed by atoms with Gasteiger partial charge in [-0.15, -0.1) is 0 Å². The number of amides is 1. The normalized spacial score (nSPS) is 20.2. The molecule has 1 atom stereocenters. The van der Waals surface area contributed by atoms with Crippen LogP contribution in [0.3, 0.4) is 0 Å². The molecule has 0 aromatic heterocycles. The smallest absolute Gasteiger partial charge is 0.224 e. The molecule has 1 unspecified atom stereocenters. The maximum Gasteiger partial charge on any atom is 0.224 e. The van der Waals surface area contributed by atoms with Crippen LogP contribution in [0.2, 0.25) is 0 Å². The van der Waals surface area contributed by atoms with Gasteiger partial charge in [0, 0.05) is 32.1 Å². The van der Waals surface area contributed by atoms with Gasteiger partial charge < -0.3 is 10.6 Å². The molecule has 0 aromatic rings. The van der Waals surface area contributed by atoms with Crippen LogP contribution < -0.4 is 5.73 Å². The summed E-state index contributed by atoms with van der Waals surface area (Å²) in [4.78, 5) is 16.7. The van der Waals surface area contributed by atoms with E-state index < -0.39 is 0 Å². The molecule has 0 spiro atoms. The summed E-state index contributed by atoms with van der Waals surface area (Å²) in [7, 11) is 0. The molecule has 0 aliphatic carbocycles. The van der Waals surface area contributed by atoms with Crippen molar-refractivity contribution < 1.29 is 4.79 Å². The highest BCUT2D eigenvalue weighted by Crippen LogP contribution is 2.38. The third-order valence-corrected chi connectivity index (χ3v) is 5.67. The molecule has 4 heteroatoms. The van der Waals surface area contributed by atoms with E-state index in [1.165, 1.54) is 25.7 Å². The van der Waals surface area contributed by atoms with Crippen LogP contribution >= 0.6 is 0 Å². The quantitative estimate of drug-likeness (QED) is 0.749. The second-order valence-electron chi connectivity index (χ2n) is 6.40. The number of hydrogen-bond acceptors (Lipinski definition) is 3. The molecule has 21 heavy (non-hydrogen) atoms. The monoisotopic (exact) mass is 297 g/mol. The highest BCUT2D eigenvalue weighted by Gasteiger charge is 2.34. The summed E-state index contributed by atoms with van der Waals surface area (Å²) in [6.07, 6.45) is 5.60. The highest BCUT2D eigenvalue weighted by atomic mass is 16.2. The lowest BCUT2D eigenvalue weighted by Gasteiger charge is -2.44. The summed E-state index contributed by atoms with van der Waals surface area (Å²) in [5, 5.41) is 0. The molecule has 0 saturated carbocycles. The summed E-state index contributed by atoms with van der Waals surface area (Å²) in [6.45, 7) is 13.0. The first-order valence-corrected chi connectivity index (χ1v) is 8.77. The lowest BCUT2D eigenvalue weighted by Crippen LogP contribution is -2.49. The maximum atomic E-state index is 12.3. The lowest BCUT2D eigenvalue weighted by atomic mass is 9.74. The first-order valence-electron chi connectivity index (χ1n) is 8.77. The molecule has 2 N–H and O–H groups in total. The molecule has 1 fully saturated rings. The largest absolute Gasteiger partial charge is 0.343 e. The average molecular weight is 297 g/mol. The topological polar surface area (TPSA) is 49.6 Å². The van der Waals surface area contributed by atoms with Crippen molar-refractivity contribution in [3.8, 4) is 0 Å². The Balaban J connectivity index is 2.57. The Kier molecular flexibility index (Phi) is 7.67. The molecule has 1 heterocycles. The molecule has 1 rings (SSSR count). The summed E-state index contributed by atoms with van der Waals surface area (Å²) in [5.41, 5.74) is 6.48. The van der Waals surface area contributed by atoms with Crippen LogP contribution in [0.1, 0.15) is 59.8 Å². The Morgan fingerprint density at radius 1 is 1.14 bits per heavy atom. The van der Waals surface area contributed by atoms with E-state index in [9.17, 15) is 4.79 Å². The minimum Gasteiger partial charge on any atom is -0.343 e. The Morgan fingerprint density at radius 3 is 2.05 bits per heavy atom. The first-order chi connectivity index (χ1) is 10.1. The van der Waals surface area contributed by atoms with E-state index in [2.05, 4.69) is 18.7 Å². The molecule has 1 amide bonds. The Morgan fingerprint density at radius 2 is 1.67 bits per heavy atom. The van der Waals surface area contributed by atoms with E-state index in [0.717, 1.165) is 26.2 Å². The number of carbonyl (C=O) groups excluding carboxylic acids is 1. The van der Waals surface area contributed by atoms with Gasteiger partial charge in [0.2, 0.25) is 5.91 Å². The average Bonchev–Trinajstić information content (AvgIpc) is 2.54. The van der Waals surface area contributed by atoms with Gasteiger partial charge >= 0.3 is 0 Å². The van der Waals surface area contributed by atoms with Crippen LogP contribution in [0.4, 0.5) is 0 Å². The van der Waals surface area contributed by atoms with Gasteiger partial charge in [0.05, 0.1) is 0 Å². The zero-order chi connectivity index (χ0) is 15.9. The van der Waals surface area contributed by atoms with Crippen LogP contribution in [-0.2, 0) is 4.79 Å². The van der Waals surface area contributed by atoms with E-state index in [-0.39, 0.29) is 11.9 Å². The Hall–Kier alpha value is -0.610. The van der Waals surface area contributed by atoms with Crippen LogP contribution in [0.15, 0.2) is 0 Å². The lowest BCUT2D eigenvalue weighted by molar-refractivity contribution is -0.132. The van der Waals surface area contributed by atoms with Crippen LogP contribution in [-0.4, -0.2) is 54.5 Å². The van der Waals surface area contributed by atoms with Crippen molar-refractivity contribution in [2.75, 3.05) is 32.7 Å². The number of nitrogens with two attached hydrogens (primary N) is 1. The van der Waals surface area contributed by atoms with Crippen molar-refractivity contribution in [3.05, 3.63) is 0 Å². The summed E-state index contributed by atoms with van der Waals surface area (Å²) < 4.78 is 0. The second kappa shape index (κ2) is 8.74. The molecule has 0 radical (unpaired) electrons. The van der Waals surface area contributed by atoms with Crippen LogP contribution in [0.5, 0.6) is 0 Å². The number of hydrogen-bond donors (Lipinski definition) is 1. The number of nitrogens with zero attached hydrogens (tertiary/aromatic N) is 2. The predicted octanol–water partition coefficient (Wildman–Crippen LogP) is 2.47. The zero-order valence-electron chi connectivity index (χ0n) is 14.5. The minimum absolute atomic E-state index is 0.213. The number of carbonyl (C=O) groups is 1. The van der Waals surface area contributed by atoms with Gasteiger partial charge in [0.25, 0.3) is 0 Å². The highest BCUT2D eigenvalue weighted by molar-refractivity contribution is 5.76. The van der Waals surface area contributed by atoms with Crippen LogP contribution in [0, 0.1) is 5.41 Å². The maximum absolute atomic E-state index is 12.3. The third kappa shape index (κ3) is 4.68. The van der Waals surface area contributed by atoms with Gasteiger partial charge in [-0.3, -0.25) is 9.69 Å². The molecule has 0 aromatic carbocycles. The fraction of sp³-hybridized carbons (Fsp3) is 0.941. The van der Waals surface area contributed by atoms with E-state index in [1.54, 1.807) is 0 Å². The molecular formula is C17H35N3O. The SMILES string of the molecule is CCN(CC)C(=O)CC(CN)N1CCC(CC)(CC)CC1. The van der Waals surface area contributed by atoms with Crippen molar-refractivity contribution in [2.24, 2.45) is 11.1 Å². The summed E-state index contributed by atoms with van der Waals surface area (Å²) in [6, 6.07) is 0.213. The fourth-order valence-electron chi connectivity index (χ4n) is 3.59. The number of likely N-dealkylation sites (tertiary alicyclic amines) is 1. The first kappa shape index (κ1) is 18.4. The van der Waals surface area contributed by atoms with E-state index in [1.807, 2.05) is 18.7 Å². The third-order valence-electron chi connectivity index (χ3n) is 5.67. The second-order valence-corrected chi connectivity index (χ2v) is 6.40. The van der Waals surface area contributed by atoms with Gasteiger partial charge in [-0.05, 0) is 45.2 Å². The van der Waals surface area contributed by atoms with Gasteiger partial charge in [-0.2, -0.15) is 0 Å². The van der Waals surface area contributed by atoms with Crippen molar-refractivity contribution in [1.82, 2.24) is 9.80 Å². The van der Waals surface area contributed by atoms with Crippen molar-refractivity contribution in [2.45, 2.75) is 65.8 Å². The molecule has 0 bridgehead atoms. The van der Waals surface area contributed by atoms with Crippen LogP contribution in [0.25, 0.3) is 0 Å². The summed E-state index contributed by atoms with van der Waals surface area (Å²) in [5.74, 6) is 0.248. The number of piperidine rings is 1. The molecule has 1 aliphatic rings.